The van der Waals surface area contributed by atoms with Crippen LogP contribution in [0, 0.1) is 0 Å². The summed E-state index contributed by atoms with van der Waals surface area (Å²) in [7, 11) is 1.55. The molecule has 2 amide bonds. The van der Waals surface area contributed by atoms with Gasteiger partial charge >= 0.3 is 0 Å². The number of hydrogen-bond donors (Lipinski definition) is 3. The lowest BCUT2D eigenvalue weighted by atomic mass is 9.96. The highest BCUT2D eigenvalue weighted by Crippen LogP contribution is 2.35. The van der Waals surface area contributed by atoms with Gasteiger partial charge in [0.15, 0.2) is 0 Å². The van der Waals surface area contributed by atoms with E-state index in [-0.39, 0.29) is 17.9 Å². The number of rotatable bonds is 11. The van der Waals surface area contributed by atoms with Gasteiger partial charge in [0, 0.05) is 62.0 Å². The smallest absolute Gasteiger partial charge is 0.255 e. The normalized spacial score (nSPS) is 14.7. The molecule has 0 saturated heterocycles. The van der Waals surface area contributed by atoms with Crippen LogP contribution in [0.5, 0.6) is 5.75 Å². The number of halogens is 1. The molecular formula is C34H33ClN6O3S. The number of nitrogens with zero attached hydrogens (tertiary/aromatic N) is 3. The van der Waals surface area contributed by atoms with E-state index in [9.17, 15) is 9.59 Å². The molecule has 45 heavy (non-hydrogen) atoms. The van der Waals surface area contributed by atoms with Crippen molar-refractivity contribution in [2.75, 3.05) is 13.7 Å². The summed E-state index contributed by atoms with van der Waals surface area (Å²) in [5.41, 5.74) is 7.43. The number of imidazole rings is 1. The van der Waals surface area contributed by atoms with Gasteiger partial charge in [0.2, 0.25) is 5.91 Å². The number of ether oxygens (including phenoxy) is 1. The first kappa shape index (κ1) is 30.5. The van der Waals surface area contributed by atoms with Crippen LogP contribution in [0.2, 0.25) is 5.02 Å². The lowest BCUT2D eigenvalue weighted by molar-refractivity contribution is -0.122. The fraction of sp³-hybridized carbons (Fsp3) is 0.235. The summed E-state index contributed by atoms with van der Waals surface area (Å²) in [6, 6.07) is 20.5. The maximum absolute atomic E-state index is 13.5. The molecule has 230 valence electrons. The number of fused-ring (bicyclic) bond motifs is 1. The number of likely N-dealkylation sites (N-methyl/N-ethyl adjacent to an activating group) is 1. The molecule has 5 aromatic rings. The van der Waals surface area contributed by atoms with Crippen LogP contribution in [0.4, 0.5) is 0 Å². The van der Waals surface area contributed by atoms with Gasteiger partial charge in [0.1, 0.15) is 11.8 Å². The Balaban J connectivity index is 1.12. The molecule has 2 atom stereocenters. The van der Waals surface area contributed by atoms with Crippen molar-refractivity contribution in [1.82, 2.24) is 30.5 Å². The quantitative estimate of drug-likeness (QED) is 0.178. The summed E-state index contributed by atoms with van der Waals surface area (Å²) in [4.78, 5) is 35.9. The molecule has 3 heterocycles. The van der Waals surface area contributed by atoms with Crippen molar-refractivity contribution < 1.29 is 14.3 Å². The molecule has 0 aliphatic carbocycles. The number of benzene rings is 3. The van der Waals surface area contributed by atoms with Gasteiger partial charge in [-0.15, -0.1) is 11.3 Å². The third-order valence-electron chi connectivity index (χ3n) is 7.89. The SMILES string of the molecule is CNC(=O)[C@@H](Cc1ccc(Cl)cc1)NC(=O)c1cccc2c1OCCC2NCc1cncn1Cc1ccc(-c2cncs2)cc1. The molecule has 0 fully saturated rings. The molecule has 0 saturated carbocycles. The first-order valence-electron chi connectivity index (χ1n) is 14.7. The van der Waals surface area contributed by atoms with Crippen LogP contribution in [-0.4, -0.2) is 46.0 Å². The van der Waals surface area contributed by atoms with E-state index in [0.29, 0.717) is 42.5 Å². The van der Waals surface area contributed by atoms with Crippen LogP contribution in [0.15, 0.2) is 91.0 Å². The van der Waals surface area contributed by atoms with Crippen molar-refractivity contribution in [3.63, 3.8) is 0 Å². The van der Waals surface area contributed by atoms with Crippen LogP contribution in [0.1, 0.15) is 45.2 Å². The highest BCUT2D eigenvalue weighted by molar-refractivity contribution is 7.13. The van der Waals surface area contributed by atoms with Gasteiger partial charge in [-0.25, -0.2) is 4.98 Å². The second-order valence-electron chi connectivity index (χ2n) is 10.8. The summed E-state index contributed by atoms with van der Waals surface area (Å²) < 4.78 is 8.18. The second kappa shape index (κ2) is 14.1. The zero-order valence-electron chi connectivity index (χ0n) is 24.7. The number of carbonyl (C=O) groups is 2. The second-order valence-corrected chi connectivity index (χ2v) is 12.2. The van der Waals surface area contributed by atoms with Gasteiger partial charge in [0.25, 0.3) is 5.91 Å². The molecule has 11 heteroatoms. The molecule has 1 unspecified atom stereocenters. The molecule has 3 N–H and O–H groups in total. The number of para-hydroxylation sites is 1. The summed E-state index contributed by atoms with van der Waals surface area (Å²) in [5.74, 6) is -0.110. The van der Waals surface area contributed by atoms with Crippen LogP contribution >= 0.6 is 22.9 Å². The molecule has 1 aliphatic rings. The lowest BCUT2D eigenvalue weighted by Crippen LogP contribution is -2.47. The lowest BCUT2D eigenvalue weighted by Gasteiger charge is -2.28. The molecular weight excluding hydrogens is 608 g/mol. The molecule has 9 nitrogen and oxygen atoms in total. The average Bonchev–Trinajstić information content (AvgIpc) is 3.77. The fourth-order valence-electron chi connectivity index (χ4n) is 5.49. The summed E-state index contributed by atoms with van der Waals surface area (Å²) >= 11 is 7.65. The molecule has 6 rings (SSSR count). The molecule has 1 aliphatic heterocycles. The van der Waals surface area contributed by atoms with E-state index in [1.807, 2.05) is 48.5 Å². The summed E-state index contributed by atoms with van der Waals surface area (Å²) in [6.07, 6.45) is 6.69. The largest absolute Gasteiger partial charge is 0.492 e. The Bertz CT molecular complexity index is 1760. The highest BCUT2D eigenvalue weighted by Gasteiger charge is 2.28. The van der Waals surface area contributed by atoms with E-state index in [4.69, 9.17) is 16.3 Å². The fourth-order valence-corrected chi connectivity index (χ4v) is 6.24. The first-order chi connectivity index (χ1) is 22.0. The number of aromatic nitrogens is 3. The highest BCUT2D eigenvalue weighted by atomic mass is 35.5. The maximum atomic E-state index is 13.5. The summed E-state index contributed by atoms with van der Waals surface area (Å²) in [6.45, 7) is 1.76. The van der Waals surface area contributed by atoms with Crippen molar-refractivity contribution in [3.05, 3.63) is 124 Å². The van der Waals surface area contributed by atoms with Gasteiger partial charge in [-0.3, -0.25) is 14.6 Å². The molecule has 2 aromatic heterocycles. The van der Waals surface area contributed by atoms with Crippen molar-refractivity contribution in [2.45, 2.75) is 38.0 Å². The Morgan fingerprint density at radius 1 is 1.04 bits per heavy atom. The maximum Gasteiger partial charge on any atom is 0.255 e. The molecule has 0 bridgehead atoms. The predicted molar refractivity (Wildman–Crippen MR) is 175 cm³/mol. The van der Waals surface area contributed by atoms with Gasteiger partial charge < -0.3 is 25.3 Å². The number of thiazole rings is 1. The zero-order valence-corrected chi connectivity index (χ0v) is 26.3. The minimum Gasteiger partial charge on any atom is -0.492 e. The van der Waals surface area contributed by atoms with E-state index < -0.39 is 6.04 Å². The van der Waals surface area contributed by atoms with Crippen molar-refractivity contribution in [3.8, 4) is 16.2 Å². The third-order valence-corrected chi connectivity index (χ3v) is 8.97. The van der Waals surface area contributed by atoms with Gasteiger partial charge in [-0.05, 0) is 34.9 Å². The van der Waals surface area contributed by atoms with Crippen LogP contribution in [0.25, 0.3) is 10.4 Å². The topological polar surface area (TPSA) is 110 Å². The Kier molecular flexibility index (Phi) is 9.54. The zero-order chi connectivity index (χ0) is 31.2. The predicted octanol–water partition coefficient (Wildman–Crippen LogP) is 5.41. The molecule has 0 radical (unpaired) electrons. The van der Waals surface area contributed by atoms with Crippen LogP contribution < -0.4 is 20.7 Å². The van der Waals surface area contributed by atoms with E-state index in [1.165, 1.54) is 5.56 Å². The Labute approximate surface area is 270 Å². The first-order valence-corrected chi connectivity index (χ1v) is 16.0. The van der Waals surface area contributed by atoms with Crippen molar-refractivity contribution >= 4 is 34.8 Å². The third kappa shape index (κ3) is 7.25. The monoisotopic (exact) mass is 640 g/mol. The molecule has 3 aromatic carbocycles. The van der Waals surface area contributed by atoms with E-state index >= 15 is 0 Å². The number of amides is 2. The van der Waals surface area contributed by atoms with Crippen molar-refractivity contribution in [2.24, 2.45) is 0 Å². The van der Waals surface area contributed by atoms with E-state index in [0.717, 1.165) is 33.7 Å². The minimum absolute atomic E-state index is 0.0210. The Morgan fingerprint density at radius 2 is 1.84 bits per heavy atom. The van der Waals surface area contributed by atoms with Crippen molar-refractivity contribution in [1.29, 1.82) is 0 Å². The summed E-state index contributed by atoms with van der Waals surface area (Å²) in [5, 5.41) is 9.82. The average molecular weight is 641 g/mol. The van der Waals surface area contributed by atoms with Gasteiger partial charge in [-0.1, -0.05) is 60.1 Å². The number of hydrogen-bond acceptors (Lipinski definition) is 7. The Morgan fingerprint density at radius 3 is 2.60 bits per heavy atom. The minimum atomic E-state index is -0.763. The van der Waals surface area contributed by atoms with Gasteiger partial charge in [0.05, 0.1) is 34.6 Å². The van der Waals surface area contributed by atoms with Crippen LogP contribution in [-0.2, 0) is 24.3 Å². The molecule has 0 spiro atoms. The Hall–Kier alpha value is -4.51. The van der Waals surface area contributed by atoms with Crippen LogP contribution in [0.3, 0.4) is 0 Å². The number of carbonyl (C=O) groups excluding carboxylic acids is 2. The van der Waals surface area contributed by atoms with E-state index in [1.54, 1.807) is 36.6 Å². The standard InChI is InChI=1S/C34H33ClN6O3S/c1-36-34(43)30(15-22-7-11-25(35)12-8-22)40-33(42)28-4-2-3-27-29(13-14-44-32(27)28)39-17-26-16-37-20-41(26)19-23-5-9-24(10-6-23)31-18-38-21-45-31/h2-12,16,18,20-21,29-30,39H,13-15,17,19H2,1H3,(H,36,43)(H,40,42)/t29?,30-/m1/s1. The van der Waals surface area contributed by atoms with Gasteiger partial charge in [-0.2, -0.15) is 0 Å². The number of nitrogens with one attached hydrogen (secondary N) is 3. The van der Waals surface area contributed by atoms with E-state index in [2.05, 4.69) is 54.8 Å².